The summed E-state index contributed by atoms with van der Waals surface area (Å²) in [5.41, 5.74) is 2.91. The molecule has 2 aromatic heterocycles. The third-order valence-corrected chi connectivity index (χ3v) is 6.01. The Morgan fingerprint density at radius 3 is 2.66 bits per heavy atom. The fraction of sp³-hybridized carbons (Fsp3) is 0.333. The molecule has 0 unspecified atom stereocenters. The second kappa shape index (κ2) is 8.82. The van der Waals surface area contributed by atoms with Crippen molar-refractivity contribution < 1.29 is 14.1 Å². The van der Waals surface area contributed by atoms with Crippen molar-refractivity contribution in [3.63, 3.8) is 0 Å². The Kier molecular flexibility index (Phi) is 5.58. The van der Waals surface area contributed by atoms with E-state index in [1.165, 1.54) is 0 Å². The van der Waals surface area contributed by atoms with Gasteiger partial charge in [-0.25, -0.2) is 4.98 Å². The van der Waals surface area contributed by atoms with Gasteiger partial charge in [0.1, 0.15) is 11.6 Å². The molecule has 0 aliphatic carbocycles. The first-order valence-electron chi connectivity index (χ1n) is 10.9. The number of rotatable bonds is 6. The summed E-state index contributed by atoms with van der Waals surface area (Å²) in [5, 5.41) is 4.03. The van der Waals surface area contributed by atoms with Crippen LogP contribution in [0.25, 0.3) is 22.4 Å². The second-order valence-electron chi connectivity index (χ2n) is 8.03. The fourth-order valence-electron chi connectivity index (χ4n) is 4.15. The lowest BCUT2D eigenvalue weighted by Gasteiger charge is -2.31. The summed E-state index contributed by atoms with van der Waals surface area (Å²) in [5.74, 6) is 3.26. The molecule has 1 aliphatic rings. The van der Waals surface area contributed by atoms with Crippen LogP contribution in [0, 0.1) is 0 Å². The number of H-pyrrole nitrogens is 1. The van der Waals surface area contributed by atoms with Crippen LogP contribution in [-0.2, 0) is 11.2 Å². The molecule has 1 N–H and O–H groups in total. The molecule has 1 aliphatic heterocycles. The number of benzene rings is 2. The lowest BCUT2D eigenvalue weighted by Crippen LogP contribution is -2.38. The first-order chi connectivity index (χ1) is 15.7. The molecule has 164 valence electrons. The quantitative estimate of drug-likeness (QED) is 0.496. The molecule has 0 atom stereocenters. The second-order valence-corrected chi connectivity index (χ2v) is 8.03. The van der Waals surface area contributed by atoms with Crippen molar-refractivity contribution in [2.75, 3.05) is 20.2 Å². The van der Waals surface area contributed by atoms with Gasteiger partial charge >= 0.3 is 0 Å². The van der Waals surface area contributed by atoms with E-state index in [1.54, 1.807) is 7.11 Å². The third kappa shape index (κ3) is 4.21. The molecule has 1 fully saturated rings. The van der Waals surface area contributed by atoms with Crippen molar-refractivity contribution in [1.29, 1.82) is 0 Å². The number of aromatic nitrogens is 4. The van der Waals surface area contributed by atoms with Gasteiger partial charge in [-0.2, -0.15) is 4.98 Å². The summed E-state index contributed by atoms with van der Waals surface area (Å²) in [6.07, 6.45) is 2.62. The number of methoxy groups -OCH3 is 1. The van der Waals surface area contributed by atoms with Gasteiger partial charge in [-0.15, -0.1) is 0 Å². The van der Waals surface area contributed by atoms with Crippen LogP contribution in [0.15, 0.2) is 53.1 Å². The summed E-state index contributed by atoms with van der Waals surface area (Å²) in [6.45, 7) is 1.48. The lowest BCUT2D eigenvalue weighted by atomic mass is 9.96. The molecule has 8 nitrogen and oxygen atoms in total. The number of piperidine rings is 1. The van der Waals surface area contributed by atoms with Crippen molar-refractivity contribution >= 4 is 16.9 Å². The molecule has 32 heavy (non-hydrogen) atoms. The molecule has 0 spiro atoms. The van der Waals surface area contributed by atoms with Crippen LogP contribution in [0.4, 0.5) is 0 Å². The molecule has 1 amide bonds. The van der Waals surface area contributed by atoms with Crippen molar-refractivity contribution in [3.05, 3.63) is 60.2 Å². The van der Waals surface area contributed by atoms with Gasteiger partial charge in [-0.3, -0.25) is 4.79 Å². The maximum atomic E-state index is 12.7. The number of imidazole rings is 1. The van der Waals surface area contributed by atoms with Gasteiger partial charge in [0.25, 0.3) is 0 Å². The van der Waals surface area contributed by atoms with E-state index in [2.05, 4.69) is 15.1 Å². The number of hydrogen-bond acceptors (Lipinski definition) is 6. The topological polar surface area (TPSA) is 97.1 Å². The summed E-state index contributed by atoms with van der Waals surface area (Å²) in [6, 6.07) is 15.5. The number of nitrogens with one attached hydrogen (secondary N) is 1. The SMILES string of the molecule is COc1ccc(-c2noc(CCC(=O)N3CCC(c4nc5ccccc5[nH]4)CC3)n2)cc1. The van der Waals surface area contributed by atoms with Crippen molar-refractivity contribution in [1.82, 2.24) is 25.0 Å². The zero-order valence-corrected chi connectivity index (χ0v) is 18.0. The highest BCUT2D eigenvalue weighted by Crippen LogP contribution is 2.28. The van der Waals surface area contributed by atoms with Crippen LogP contribution < -0.4 is 4.74 Å². The first kappa shape index (κ1) is 20.2. The Hall–Kier alpha value is -3.68. The Morgan fingerprint density at radius 2 is 1.91 bits per heavy atom. The number of nitrogens with zero attached hydrogens (tertiary/aromatic N) is 4. The number of amides is 1. The van der Waals surface area contributed by atoms with Crippen LogP contribution in [-0.4, -0.2) is 51.1 Å². The average molecular weight is 431 g/mol. The monoisotopic (exact) mass is 431 g/mol. The van der Waals surface area contributed by atoms with E-state index >= 15 is 0 Å². The summed E-state index contributed by atoms with van der Waals surface area (Å²) in [4.78, 5) is 27.2. The molecule has 3 heterocycles. The molecular weight excluding hydrogens is 406 g/mol. The van der Waals surface area contributed by atoms with Gasteiger partial charge in [0.05, 0.1) is 18.1 Å². The van der Waals surface area contributed by atoms with Gasteiger partial charge in [0, 0.05) is 37.4 Å². The highest BCUT2D eigenvalue weighted by Gasteiger charge is 2.26. The predicted octanol–water partition coefficient (Wildman–Crippen LogP) is 3.96. The molecule has 5 rings (SSSR count). The van der Waals surface area contributed by atoms with E-state index in [0.717, 1.165) is 54.1 Å². The molecule has 0 radical (unpaired) electrons. The number of aromatic amines is 1. The predicted molar refractivity (Wildman–Crippen MR) is 119 cm³/mol. The number of likely N-dealkylation sites (tertiary alicyclic amines) is 1. The number of aryl methyl sites for hydroxylation is 1. The summed E-state index contributed by atoms with van der Waals surface area (Å²) >= 11 is 0. The van der Waals surface area contributed by atoms with Crippen LogP contribution in [0.5, 0.6) is 5.75 Å². The normalized spacial score (nSPS) is 14.7. The van der Waals surface area contributed by atoms with E-state index in [1.807, 2.05) is 53.4 Å². The van der Waals surface area contributed by atoms with Gasteiger partial charge in [-0.1, -0.05) is 17.3 Å². The smallest absolute Gasteiger partial charge is 0.227 e. The van der Waals surface area contributed by atoms with Crippen LogP contribution in [0.2, 0.25) is 0 Å². The Morgan fingerprint density at radius 1 is 1.12 bits per heavy atom. The van der Waals surface area contributed by atoms with E-state index in [0.29, 0.717) is 30.5 Å². The lowest BCUT2D eigenvalue weighted by molar-refractivity contribution is -0.132. The standard InChI is InChI=1S/C24H25N5O3/c1-31-18-8-6-16(7-9-18)24-27-21(32-28-24)10-11-22(30)29-14-12-17(13-15-29)23-25-19-4-2-3-5-20(19)26-23/h2-9,17H,10-15H2,1H3,(H,25,26). The van der Waals surface area contributed by atoms with E-state index in [-0.39, 0.29) is 5.91 Å². The highest BCUT2D eigenvalue weighted by atomic mass is 16.5. The minimum absolute atomic E-state index is 0.122. The Bertz CT molecular complexity index is 1170. The van der Waals surface area contributed by atoms with Crippen LogP contribution in [0.3, 0.4) is 0 Å². The number of para-hydroxylation sites is 2. The maximum Gasteiger partial charge on any atom is 0.227 e. The van der Waals surface area contributed by atoms with E-state index in [4.69, 9.17) is 14.2 Å². The molecule has 0 bridgehead atoms. The van der Waals surface area contributed by atoms with Gasteiger partial charge in [0.2, 0.25) is 17.6 Å². The zero-order chi connectivity index (χ0) is 21.9. The number of ether oxygens (including phenoxy) is 1. The molecule has 8 heteroatoms. The maximum absolute atomic E-state index is 12.7. The molecule has 0 saturated carbocycles. The Labute approximate surface area is 185 Å². The van der Waals surface area contributed by atoms with Gasteiger partial charge < -0.3 is 19.1 Å². The number of carbonyl (C=O) groups excluding carboxylic acids is 1. The molecule has 1 saturated heterocycles. The average Bonchev–Trinajstić information content (AvgIpc) is 3.50. The molecular formula is C24H25N5O3. The number of fused-ring (bicyclic) bond motifs is 1. The van der Waals surface area contributed by atoms with Crippen LogP contribution in [0.1, 0.15) is 36.9 Å². The van der Waals surface area contributed by atoms with E-state index in [9.17, 15) is 4.79 Å². The van der Waals surface area contributed by atoms with Crippen molar-refractivity contribution in [3.8, 4) is 17.1 Å². The molecule has 2 aromatic carbocycles. The van der Waals surface area contributed by atoms with E-state index < -0.39 is 0 Å². The fourth-order valence-corrected chi connectivity index (χ4v) is 4.15. The first-order valence-corrected chi connectivity index (χ1v) is 10.9. The number of hydrogen-bond donors (Lipinski definition) is 1. The minimum atomic E-state index is 0.122. The van der Waals surface area contributed by atoms with Crippen molar-refractivity contribution in [2.45, 2.75) is 31.6 Å². The molecule has 4 aromatic rings. The Balaban J connectivity index is 1.13. The zero-order valence-electron chi connectivity index (χ0n) is 18.0. The largest absolute Gasteiger partial charge is 0.497 e. The summed E-state index contributed by atoms with van der Waals surface area (Å²) in [7, 11) is 1.62. The van der Waals surface area contributed by atoms with Crippen LogP contribution >= 0.6 is 0 Å². The third-order valence-electron chi connectivity index (χ3n) is 6.01. The minimum Gasteiger partial charge on any atom is -0.497 e. The van der Waals surface area contributed by atoms with Gasteiger partial charge in [-0.05, 0) is 49.2 Å². The number of carbonyl (C=O) groups is 1. The van der Waals surface area contributed by atoms with Crippen molar-refractivity contribution in [2.24, 2.45) is 0 Å². The van der Waals surface area contributed by atoms with Gasteiger partial charge in [0.15, 0.2) is 0 Å². The summed E-state index contributed by atoms with van der Waals surface area (Å²) < 4.78 is 10.5. The highest BCUT2D eigenvalue weighted by molar-refractivity contribution is 5.76.